The molecule has 0 aliphatic rings. The zero-order valence-corrected chi connectivity index (χ0v) is 32.3. The minimum atomic E-state index is -3.09. The third-order valence-electron chi connectivity index (χ3n) is 12.0. The van der Waals surface area contributed by atoms with Gasteiger partial charge in [-0.1, -0.05) is 109 Å². The molecule has 6 heteroatoms. The molecule has 12 aromatic rings. The van der Waals surface area contributed by atoms with Crippen molar-refractivity contribution in [3.63, 3.8) is 0 Å². The first kappa shape index (κ1) is 32.7. The highest BCUT2D eigenvalue weighted by Gasteiger charge is 2.43. The van der Waals surface area contributed by atoms with E-state index in [1.165, 1.54) is 48.1 Å². The molecular formula is C52H34N4OSi. The maximum absolute atomic E-state index is 6.46. The van der Waals surface area contributed by atoms with Crippen LogP contribution < -0.4 is 20.9 Å². The minimum Gasteiger partial charge on any atom is -0.456 e. The van der Waals surface area contributed by atoms with Gasteiger partial charge in [0.05, 0.1) is 27.5 Å². The molecule has 0 aliphatic carbocycles. The summed E-state index contributed by atoms with van der Waals surface area (Å²) in [5.74, 6) is 0. The molecule has 12 rings (SSSR count). The fourth-order valence-electron chi connectivity index (χ4n) is 9.59. The van der Waals surface area contributed by atoms with Crippen molar-refractivity contribution in [1.29, 1.82) is 0 Å². The average molecular weight is 759 g/mol. The number of aromatic nitrogens is 4. The van der Waals surface area contributed by atoms with Crippen molar-refractivity contribution in [2.24, 2.45) is 0 Å². The molecule has 1 atom stereocenters. The molecule has 0 radical (unpaired) electrons. The van der Waals surface area contributed by atoms with Crippen LogP contribution in [-0.4, -0.2) is 27.2 Å². The maximum Gasteiger partial charge on any atom is 0.203 e. The second-order valence-electron chi connectivity index (χ2n) is 15.0. The number of nitrogens with zero attached hydrogens (tertiary/aromatic N) is 4. The van der Waals surface area contributed by atoms with Gasteiger partial charge in [0.15, 0.2) is 0 Å². The SMILES string of the molecule is c1ccc([Si](c2ccc(-n3c4ccccc4c4ccccc43)cc2)(c2cccnc2)c2cccc(-n3c4ccccc4c4ccc5oc6ccccc6c5c43)c2)nc1. The topological polar surface area (TPSA) is 48.8 Å². The summed E-state index contributed by atoms with van der Waals surface area (Å²) in [6, 6.07) is 67.8. The summed E-state index contributed by atoms with van der Waals surface area (Å²) in [5.41, 5.74) is 8.64. The number of pyridine rings is 2. The Labute approximate surface area is 334 Å². The standard InChI is InChI=1S/C52H34N4OSi/c1-5-20-45-40(16-1)41-17-2-6-21-46(41)55(45)35-25-27-37(28-26-35)58(39-15-12-31-53-34-39,50-24-9-10-32-54-50)38-14-11-13-36(33-38)56-47-22-7-3-18-42(47)43-29-30-49-51(52(43)56)44-19-4-8-23-48(44)57-49/h1-34H. The van der Waals surface area contributed by atoms with E-state index in [0.717, 1.165) is 49.7 Å². The van der Waals surface area contributed by atoms with Gasteiger partial charge >= 0.3 is 0 Å². The van der Waals surface area contributed by atoms with E-state index in [0.29, 0.717) is 0 Å². The zero-order chi connectivity index (χ0) is 38.2. The second-order valence-corrected chi connectivity index (χ2v) is 18.7. The van der Waals surface area contributed by atoms with Gasteiger partial charge in [-0.25, -0.2) is 0 Å². The van der Waals surface area contributed by atoms with Gasteiger partial charge < -0.3 is 13.6 Å². The molecule has 0 fully saturated rings. The molecule has 58 heavy (non-hydrogen) atoms. The third-order valence-corrected chi connectivity index (χ3v) is 16.6. The van der Waals surface area contributed by atoms with Gasteiger partial charge in [0.1, 0.15) is 11.2 Å². The summed E-state index contributed by atoms with van der Waals surface area (Å²) >= 11 is 0. The predicted molar refractivity (Wildman–Crippen MR) is 242 cm³/mol. The van der Waals surface area contributed by atoms with Crippen molar-refractivity contribution in [3.05, 3.63) is 207 Å². The van der Waals surface area contributed by atoms with Crippen molar-refractivity contribution in [3.8, 4) is 11.4 Å². The van der Waals surface area contributed by atoms with Crippen LogP contribution in [0, 0.1) is 0 Å². The Morgan fingerprint density at radius 2 is 1.07 bits per heavy atom. The Balaban J connectivity index is 1.14. The van der Waals surface area contributed by atoms with Crippen molar-refractivity contribution in [2.45, 2.75) is 0 Å². The molecule has 7 aromatic carbocycles. The van der Waals surface area contributed by atoms with Gasteiger partial charge in [-0.3, -0.25) is 9.97 Å². The summed E-state index contributed by atoms with van der Waals surface area (Å²) in [6.07, 6.45) is 5.84. The first-order chi connectivity index (χ1) is 28.8. The fourth-order valence-corrected chi connectivity index (χ4v) is 14.1. The van der Waals surface area contributed by atoms with Gasteiger partial charge in [-0.15, -0.1) is 0 Å². The predicted octanol–water partition coefficient (Wildman–Crippen LogP) is 9.95. The van der Waals surface area contributed by atoms with E-state index in [9.17, 15) is 0 Å². The molecule has 5 aromatic heterocycles. The molecule has 5 nitrogen and oxygen atoms in total. The first-order valence-electron chi connectivity index (χ1n) is 19.6. The lowest BCUT2D eigenvalue weighted by Gasteiger charge is -2.33. The van der Waals surface area contributed by atoms with Crippen LogP contribution in [0.3, 0.4) is 0 Å². The van der Waals surface area contributed by atoms with Crippen LogP contribution in [0.5, 0.6) is 0 Å². The molecule has 0 N–H and O–H groups in total. The van der Waals surface area contributed by atoms with Crippen LogP contribution in [-0.2, 0) is 0 Å². The molecule has 272 valence electrons. The van der Waals surface area contributed by atoms with E-state index in [1.54, 1.807) is 0 Å². The third kappa shape index (κ3) is 4.63. The average Bonchev–Trinajstić information content (AvgIpc) is 3.96. The van der Waals surface area contributed by atoms with E-state index < -0.39 is 8.07 Å². The number of para-hydroxylation sites is 4. The Bertz CT molecular complexity index is 3420. The number of rotatable bonds is 6. The quantitative estimate of drug-likeness (QED) is 0.159. The highest BCUT2D eigenvalue weighted by Crippen LogP contribution is 2.40. The number of fused-ring (bicyclic) bond motifs is 10. The van der Waals surface area contributed by atoms with Crippen LogP contribution >= 0.6 is 0 Å². The van der Waals surface area contributed by atoms with Gasteiger partial charge in [0.25, 0.3) is 0 Å². The van der Waals surface area contributed by atoms with Crippen LogP contribution in [0.15, 0.2) is 211 Å². The maximum atomic E-state index is 6.46. The lowest BCUT2D eigenvalue weighted by Crippen LogP contribution is -2.75. The number of benzene rings is 7. The molecule has 0 saturated heterocycles. The molecule has 0 spiro atoms. The second kappa shape index (κ2) is 12.7. The molecular weight excluding hydrogens is 725 g/mol. The Kier molecular flexibility index (Phi) is 7.18. The molecule has 1 unspecified atom stereocenters. The number of hydrogen-bond acceptors (Lipinski definition) is 3. The summed E-state index contributed by atoms with van der Waals surface area (Å²) in [7, 11) is -3.09. The van der Waals surface area contributed by atoms with Crippen molar-refractivity contribution < 1.29 is 4.42 Å². The Morgan fingerprint density at radius 1 is 0.414 bits per heavy atom. The summed E-state index contributed by atoms with van der Waals surface area (Å²) < 4.78 is 11.3. The Morgan fingerprint density at radius 3 is 1.78 bits per heavy atom. The van der Waals surface area contributed by atoms with Gasteiger partial charge in [0, 0.05) is 62.2 Å². The van der Waals surface area contributed by atoms with Crippen LogP contribution in [0.1, 0.15) is 0 Å². The minimum absolute atomic E-state index is 0.879. The highest BCUT2D eigenvalue weighted by molar-refractivity contribution is 7.19. The van der Waals surface area contributed by atoms with Crippen LogP contribution in [0.25, 0.3) is 76.9 Å². The Hall–Kier alpha value is -7.54. The highest BCUT2D eigenvalue weighted by atomic mass is 28.3. The summed E-state index contributed by atoms with van der Waals surface area (Å²) in [6.45, 7) is 0. The zero-order valence-electron chi connectivity index (χ0n) is 31.3. The monoisotopic (exact) mass is 758 g/mol. The van der Waals surface area contributed by atoms with Crippen molar-refractivity contribution >= 4 is 94.5 Å². The van der Waals surface area contributed by atoms with Crippen LogP contribution in [0.2, 0.25) is 0 Å². The van der Waals surface area contributed by atoms with Gasteiger partial charge in [-0.2, -0.15) is 0 Å². The molecule has 5 heterocycles. The van der Waals surface area contributed by atoms with Crippen LogP contribution in [0.4, 0.5) is 0 Å². The van der Waals surface area contributed by atoms with Gasteiger partial charge in [-0.05, 0) is 94.4 Å². The molecule has 0 bridgehead atoms. The smallest absolute Gasteiger partial charge is 0.203 e. The van der Waals surface area contributed by atoms with E-state index in [4.69, 9.17) is 14.4 Å². The molecule has 0 saturated carbocycles. The van der Waals surface area contributed by atoms with E-state index in [-0.39, 0.29) is 0 Å². The number of furan rings is 1. The van der Waals surface area contributed by atoms with Crippen molar-refractivity contribution in [1.82, 2.24) is 19.1 Å². The first-order valence-corrected chi connectivity index (χ1v) is 21.6. The lowest BCUT2D eigenvalue weighted by molar-refractivity contribution is 0.669. The summed E-state index contributed by atoms with van der Waals surface area (Å²) in [4.78, 5) is 9.96. The number of hydrogen-bond donors (Lipinski definition) is 0. The van der Waals surface area contributed by atoms with Gasteiger partial charge in [0.2, 0.25) is 8.07 Å². The van der Waals surface area contributed by atoms with E-state index >= 15 is 0 Å². The van der Waals surface area contributed by atoms with Crippen molar-refractivity contribution in [2.75, 3.05) is 0 Å². The normalized spacial score (nSPS) is 13.0. The largest absolute Gasteiger partial charge is 0.456 e. The fraction of sp³-hybridized carbons (Fsp3) is 0. The van der Waals surface area contributed by atoms with E-state index in [2.05, 4.69) is 191 Å². The molecule has 0 aliphatic heterocycles. The molecule has 0 amide bonds. The summed E-state index contributed by atoms with van der Waals surface area (Å²) in [5, 5.41) is 11.8. The van der Waals surface area contributed by atoms with E-state index in [1.807, 2.05) is 24.5 Å². The lowest BCUT2D eigenvalue weighted by atomic mass is 10.1.